The van der Waals surface area contributed by atoms with E-state index in [9.17, 15) is 14.7 Å². The number of esters is 1. The van der Waals surface area contributed by atoms with Gasteiger partial charge in [-0.2, -0.15) is 0 Å². The van der Waals surface area contributed by atoms with Crippen molar-refractivity contribution < 1.29 is 19.4 Å². The SMILES string of the molecule is C[C@H]1C(=O)O[C@H]2[C@]1(O)C(=O)C[C@@H]1CCC[C@H](C)[C@]12C. The number of ketones is 1. The molecule has 4 nitrogen and oxygen atoms in total. The van der Waals surface area contributed by atoms with E-state index in [1.807, 2.05) is 0 Å². The summed E-state index contributed by atoms with van der Waals surface area (Å²) >= 11 is 0. The Morgan fingerprint density at radius 2 is 1.95 bits per heavy atom. The summed E-state index contributed by atoms with van der Waals surface area (Å²) in [6, 6.07) is 0. The number of Topliss-reactive ketones (excluding diaryl/α,β-unsaturated/α-hetero) is 1. The minimum absolute atomic E-state index is 0.201. The van der Waals surface area contributed by atoms with Crippen LogP contribution in [0.15, 0.2) is 0 Å². The van der Waals surface area contributed by atoms with Gasteiger partial charge >= 0.3 is 5.97 Å². The fraction of sp³-hybridized carbons (Fsp3) is 0.867. The lowest BCUT2D eigenvalue weighted by molar-refractivity contribution is -0.194. The van der Waals surface area contributed by atoms with Crippen LogP contribution in [0.3, 0.4) is 0 Å². The second-order valence-corrected chi connectivity index (χ2v) is 6.89. The molecule has 3 aliphatic rings. The maximum Gasteiger partial charge on any atom is 0.312 e. The van der Waals surface area contributed by atoms with Crippen molar-refractivity contribution in [1.29, 1.82) is 0 Å². The van der Waals surface area contributed by atoms with Crippen molar-refractivity contribution in [2.24, 2.45) is 23.2 Å². The highest BCUT2D eigenvalue weighted by atomic mass is 16.6. The van der Waals surface area contributed by atoms with Crippen molar-refractivity contribution in [3.8, 4) is 0 Å². The van der Waals surface area contributed by atoms with E-state index < -0.39 is 23.6 Å². The van der Waals surface area contributed by atoms with Crippen LogP contribution in [-0.2, 0) is 14.3 Å². The van der Waals surface area contributed by atoms with Gasteiger partial charge in [0.1, 0.15) is 6.10 Å². The van der Waals surface area contributed by atoms with Gasteiger partial charge in [0.15, 0.2) is 11.4 Å². The second kappa shape index (κ2) is 3.81. The summed E-state index contributed by atoms with van der Waals surface area (Å²) in [5, 5.41) is 10.8. The first-order valence-electron chi connectivity index (χ1n) is 7.29. The smallest absolute Gasteiger partial charge is 0.312 e. The molecule has 1 aliphatic heterocycles. The molecular formula is C15H22O4. The molecule has 2 saturated carbocycles. The van der Waals surface area contributed by atoms with Crippen LogP contribution in [0.5, 0.6) is 0 Å². The van der Waals surface area contributed by atoms with Gasteiger partial charge in [-0.3, -0.25) is 9.59 Å². The maximum atomic E-state index is 12.4. The number of hydrogen-bond acceptors (Lipinski definition) is 4. The van der Waals surface area contributed by atoms with E-state index in [0.717, 1.165) is 19.3 Å². The first kappa shape index (κ1) is 13.1. The second-order valence-electron chi connectivity index (χ2n) is 6.89. The van der Waals surface area contributed by atoms with Gasteiger partial charge in [-0.25, -0.2) is 0 Å². The quantitative estimate of drug-likeness (QED) is 0.678. The number of hydrogen-bond donors (Lipinski definition) is 1. The van der Waals surface area contributed by atoms with Crippen molar-refractivity contribution >= 4 is 11.8 Å². The third-order valence-electron chi connectivity index (χ3n) is 6.22. The minimum Gasteiger partial charge on any atom is -0.458 e. The largest absolute Gasteiger partial charge is 0.458 e. The number of rotatable bonds is 0. The molecule has 1 N–H and O–H groups in total. The van der Waals surface area contributed by atoms with E-state index in [2.05, 4.69) is 13.8 Å². The topological polar surface area (TPSA) is 63.6 Å². The highest BCUT2D eigenvalue weighted by Gasteiger charge is 2.70. The van der Waals surface area contributed by atoms with Gasteiger partial charge in [0, 0.05) is 11.8 Å². The molecule has 4 heteroatoms. The molecule has 106 valence electrons. The molecule has 0 aromatic rings. The Hall–Kier alpha value is -0.900. The molecule has 0 spiro atoms. The van der Waals surface area contributed by atoms with Gasteiger partial charge in [-0.1, -0.05) is 26.7 Å². The van der Waals surface area contributed by atoms with Crippen LogP contribution in [0.25, 0.3) is 0 Å². The van der Waals surface area contributed by atoms with Crippen LogP contribution < -0.4 is 0 Å². The van der Waals surface area contributed by atoms with Crippen molar-refractivity contribution in [1.82, 2.24) is 0 Å². The summed E-state index contributed by atoms with van der Waals surface area (Å²) in [4.78, 5) is 24.3. The standard InChI is InChI=1S/C15H22O4/c1-8-5-4-6-10-7-11(16)15(18)9(2)12(17)19-13(15)14(8,10)3/h8-10,13,18H,4-7H2,1-3H3/t8-,9-,10-,13+,14+,15+/m0/s1. The van der Waals surface area contributed by atoms with Crippen molar-refractivity contribution in [3.63, 3.8) is 0 Å². The molecule has 0 radical (unpaired) electrons. The molecule has 0 unspecified atom stereocenters. The van der Waals surface area contributed by atoms with E-state index in [1.165, 1.54) is 0 Å². The van der Waals surface area contributed by atoms with Crippen LogP contribution in [-0.4, -0.2) is 28.6 Å². The lowest BCUT2D eigenvalue weighted by Crippen LogP contribution is -2.65. The first-order chi connectivity index (χ1) is 8.82. The first-order valence-corrected chi connectivity index (χ1v) is 7.29. The van der Waals surface area contributed by atoms with Gasteiger partial charge < -0.3 is 9.84 Å². The molecule has 0 aromatic heterocycles. The zero-order valence-electron chi connectivity index (χ0n) is 11.8. The molecule has 1 saturated heterocycles. The van der Waals surface area contributed by atoms with E-state index >= 15 is 0 Å². The number of ether oxygens (including phenoxy) is 1. The molecule has 0 bridgehead atoms. The number of carbonyl (C=O) groups is 2. The fourth-order valence-electron chi connectivity index (χ4n) is 4.58. The summed E-state index contributed by atoms with van der Waals surface area (Å²) in [6.07, 6.45) is 2.90. The Bertz CT molecular complexity index is 445. The Morgan fingerprint density at radius 3 is 2.63 bits per heavy atom. The van der Waals surface area contributed by atoms with Gasteiger partial charge in [0.05, 0.1) is 5.92 Å². The normalized spacial score (nSPS) is 53.5. The highest BCUT2D eigenvalue weighted by molar-refractivity contribution is 5.96. The molecule has 3 fully saturated rings. The van der Waals surface area contributed by atoms with Gasteiger partial charge in [0.25, 0.3) is 0 Å². The minimum atomic E-state index is -1.60. The van der Waals surface area contributed by atoms with Gasteiger partial charge in [-0.15, -0.1) is 0 Å². The molecule has 0 aromatic carbocycles. The van der Waals surface area contributed by atoms with Gasteiger partial charge in [-0.05, 0) is 25.2 Å². The maximum absolute atomic E-state index is 12.4. The predicted octanol–water partition coefficient (Wildman–Crippen LogP) is 1.69. The monoisotopic (exact) mass is 266 g/mol. The molecule has 2 aliphatic carbocycles. The van der Waals surface area contributed by atoms with Crippen LogP contribution in [0.2, 0.25) is 0 Å². The van der Waals surface area contributed by atoms with Crippen LogP contribution in [0.1, 0.15) is 46.5 Å². The lowest BCUT2D eigenvalue weighted by Gasteiger charge is -2.55. The molecule has 0 amide bonds. The van der Waals surface area contributed by atoms with E-state index in [0.29, 0.717) is 12.3 Å². The fourth-order valence-corrected chi connectivity index (χ4v) is 4.58. The Morgan fingerprint density at radius 1 is 1.26 bits per heavy atom. The number of fused-ring (bicyclic) bond motifs is 3. The summed E-state index contributed by atoms with van der Waals surface area (Å²) in [5.41, 5.74) is -1.88. The van der Waals surface area contributed by atoms with Crippen molar-refractivity contribution in [2.45, 2.75) is 58.2 Å². The summed E-state index contributed by atoms with van der Waals surface area (Å²) in [5.74, 6) is -0.786. The summed E-state index contributed by atoms with van der Waals surface area (Å²) < 4.78 is 5.48. The van der Waals surface area contributed by atoms with Crippen LogP contribution in [0.4, 0.5) is 0 Å². The molecule has 19 heavy (non-hydrogen) atoms. The summed E-state index contributed by atoms with van der Waals surface area (Å²) in [6.45, 7) is 5.85. The third-order valence-corrected chi connectivity index (χ3v) is 6.22. The average Bonchev–Trinajstić information content (AvgIpc) is 2.60. The van der Waals surface area contributed by atoms with Crippen molar-refractivity contribution in [2.75, 3.05) is 0 Å². The molecule has 1 heterocycles. The van der Waals surface area contributed by atoms with Crippen LogP contribution in [0, 0.1) is 23.2 Å². The van der Waals surface area contributed by atoms with E-state index in [1.54, 1.807) is 6.92 Å². The molecule has 3 rings (SSSR count). The molecular weight excluding hydrogens is 244 g/mol. The Balaban J connectivity index is 2.10. The highest BCUT2D eigenvalue weighted by Crippen LogP contribution is 2.59. The van der Waals surface area contributed by atoms with Gasteiger partial charge in [0.2, 0.25) is 0 Å². The van der Waals surface area contributed by atoms with E-state index in [-0.39, 0.29) is 17.1 Å². The third kappa shape index (κ3) is 1.38. The number of aliphatic hydroxyl groups is 1. The van der Waals surface area contributed by atoms with Crippen LogP contribution >= 0.6 is 0 Å². The van der Waals surface area contributed by atoms with E-state index in [4.69, 9.17) is 4.74 Å². The zero-order valence-corrected chi connectivity index (χ0v) is 11.8. The molecule has 6 atom stereocenters. The zero-order chi connectivity index (χ0) is 14.0. The Kier molecular flexibility index (Phi) is 2.63. The Labute approximate surface area is 113 Å². The van der Waals surface area contributed by atoms with Crippen molar-refractivity contribution in [3.05, 3.63) is 0 Å². The summed E-state index contributed by atoms with van der Waals surface area (Å²) in [7, 11) is 0. The lowest BCUT2D eigenvalue weighted by atomic mass is 9.50. The number of carbonyl (C=O) groups excluding carboxylic acids is 2. The average molecular weight is 266 g/mol. The predicted molar refractivity (Wildman–Crippen MR) is 68.2 cm³/mol.